The second-order valence-corrected chi connectivity index (χ2v) is 6.39. The van der Waals surface area contributed by atoms with Crippen LogP contribution in [0.2, 0.25) is 0 Å². The lowest BCUT2D eigenvalue weighted by Gasteiger charge is -2.12. The van der Waals surface area contributed by atoms with Crippen molar-refractivity contribution >= 4 is 11.0 Å². The van der Waals surface area contributed by atoms with Crippen LogP contribution in [0.1, 0.15) is 11.1 Å². The molecule has 0 spiro atoms. The molecule has 5 nitrogen and oxygen atoms in total. The molecule has 0 fully saturated rings. The molecular weight excluding hydrogens is 350 g/mol. The van der Waals surface area contributed by atoms with Crippen LogP contribution >= 0.6 is 0 Å². The molecule has 0 aliphatic carbocycles. The van der Waals surface area contributed by atoms with Crippen molar-refractivity contribution in [2.24, 2.45) is 0 Å². The van der Waals surface area contributed by atoms with Crippen molar-refractivity contribution in [2.45, 2.75) is 6.54 Å². The number of hydrogen-bond acceptors (Lipinski definition) is 4. The summed E-state index contributed by atoms with van der Waals surface area (Å²) in [5, 5.41) is 9.24. The van der Waals surface area contributed by atoms with E-state index < -0.39 is 0 Å². The average Bonchev–Trinajstić information content (AvgIpc) is 3.11. The van der Waals surface area contributed by atoms with Crippen LogP contribution in [0.3, 0.4) is 0 Å². The fourth-order valence-electron chi connectivity index (χ4n) is 3.32. The molecule has 5 heteroatoms. The van der Waals surface area contributed by atoms with Gasteiger partial charge in [0.1, 0.15) is 5.82 Å². The molecule has 0 bridgehead atoms. The highest BCUT2D eigenvalue weighted by Crippen LogP contribution is 2.34. The average molecular weight is 369 g/mol. The van der Waals surface area contributed by atoms with E-state index in [0.29, 0.717) is 23.6 Å². The minimum Gasteiger partial charge on any atom is -0.493 e. The third-order valence-corrected chi connectivity index (χ3v) is 4.70. The lowest BCUT2D eigenvalue weighted by atomic mass is 10.1. The third kappa shape index (κ3) is 3.17. The Balaban J connectivity index is 1.91. The van der Waals surface area contributed by atoms with E-state index in [0.717, 1.165) is 22.4 Å². The summed E-state index contributed by atoms with van der Waals surface area (Å²) in [6.07, 6.45) is 0. The standard InChI is InChI=1S/C23H19N3O2/c1-27-21-11-9-18(13-22(21)28-2)23-25-19-12-17(14-24)8-10-20(19)26(23)15-16-6-4-3-5-7-16/h3-13H,15H2,1-2H3. The highest BCUT2D eigenvalue weighted by atomic mass is 16.5. The number of methoxy groups -OCH3 is 2. The Kier molecular flexibility index (Phi) is 4.69. The maximum absolute atomic E-state index is 9.24. The minimum absolute atomic E-state index is 0.593. The molecule has 138 valence electrons. The highest BCUT2D eigenvalue weighted by molar-refractivity contribution is 5.82. The largest absolute Gasteiger partial charge is 0.493 e. The first-order valence-electron chi connectivity index (χ1n) is 8.90. The van der Waals surface area contributed by atoms with Crippen LogP contribution in [0.5, 0.6) is 11.5 Å². The summed E-state index contributed by atoms with van der Waals surface area (Å²) in [5.74, 6) is 2.13. The number of hydrogen-bond donors (Lipinski definition) is 0. The van der Waals surface area contributed by atoms with Gasteiger partial charge in [0, 0.05) is 12.1 Å². The molecule has 3 aromatic carbocycles. The van der Waals surface area contributed by atoms with E-state index in [1.807, 2.05) is 54.6 Å². The first-order chi connectivity index (χ1) is 13.7. The molecule has 0 aliphatic rings. The zero-order valence-corrected chi connectivity index (χ0v) is 15.7. The summed E-state index contributed by atoms with van der Waals surface area (Å²) in [4.78, 5) is 4.83. The van der Waals surface area contributed by atoms with Gasteiger partial charge in [0.15, 0.2) is 11.5 Å². The van der Waals surface area contributed by atoms with Crippen LogP contribution in [0, 0.1) is 11.3 Å². The first kappa shape index (κ1) is 17.6. The van der Waals surface area contributed by atoms with Crippen molar-refractivity contribution in [3.8, 4) is 29.0 Å². The summed E-state index contributed by atoms with van der Waals surface area (Å²) >= 11 is 0. The molecule has 28 heavy (non-hydrogen) atoms. The topological polar surface area (TPSA) is 60.1 Å². The Morgan fingerprint density at radius 2 is 1.71 bits per heavy atom. The fraction of sp³-hybridized carbons (Fsp3) is 0.130. The predicted octanol–water partition coefficient (Wildman–Crippen LogP) is 4.64. The number of nitriles is 1. The number of imidazole rings is 1. The van der Waals surface area contributed by atoms with Crippen molar-refractivity contribution in [2.75, 3.05) is 14.2 Å². The third-order valence-electron chi connectivity index (χ3n) is 4.70. The Morgan fingerprint density at radius 1 is 0.929 bits per heavy atom. The maximum atomic E-state index is 9.24. The van der Waals surface area contributed by atoms with Gasteiger partial charge in [-0.05, 0) is 42.0 Å². The van der Waals surface area contributed by atoms with Gasteiger partial charge in [-0.25, -0.2) is 4.98 Å². The molecule has 4 rings (SSSR count). The summed E-state index contributed by atoms with van der Waals surface area (Å²) in [7, 11) is 3.24. The van der Waals surface area contributed by atoms with Crippen LogP contribution in [0.4, 0.5) is 0 Å². The van der Waals surface area contributed by atoms with E-state index in [4.69, 9.17) is 14.5 Å². The van der Waals surface area contributed by atoms with Gasteiger partial charge in [0.05, 0.1) is 36.9 Å². The van der Waals surface area contributed by atoms with E-state index in [2.05, 4.69) is 22.8 Å². The van der Waals surface area contributed by atoms with Crippen molar-refractivity contribution in [1.82, 2.24) is 9.55 Å². The van der Waals surface area contributed by atoms with E-state index in [1.165, 1.54) is 5.56 Å². The van der Waals surface area contributed by atoms with Crippen molar-refractivity contribution in [1.29, 1.82) is 5.26 Å². The lowest BCUT2D eigenvalue weighted by molar-refractivity contribution is 0.355. The second-order valence-electron chi connectivity index (χ2n) is 6.39. The number of aromatic nitrogens is 2. The molecule has 4 aromatic rings. The number of fused-ring (bicyclic) bond motifs is 1. The quantitative estimate of drug-likeness (QED) is 0.514. The van der Waals surface area contributed by atoms with Gasteiger partial charge in [0.2, 0.25) is 0 Å². The van der Waals surface area contributed by atoms with E-state index in [9.17, 15) is 5.26 Å². The Labute approximate surface area is 163 Å². The number of ether oxygens (including phenoxy) is 2. The second kappa shape index (κ2) is 7.45. The number of benzene rings is 3. The first-order valence-corrected chi connectivity index (χ1v) is 8.90. The van der Waals surface area contributed by atoms with Gasteiger partial charge in [-0.2, -0.15) is 5.26 Å². The predicted molar refractivity (Wildman–Crippen MR) is 109 cm³/mol. The van der Waals surface area contributed by atoms with Gasteiger partial charge >= 0.3 is 0 Å². The van der Waals surface area contributed by atoms with Crippen LogP contribution in [-0.4, -0.2) is 23.8 Å². The zero-order chi connectivity index (χ0) is 19.5. The molecule has 0 amide bonds. The van der Waals surface area contributed by atoms with Gasteiger partial charge in [-0.3, -0.25) is 0 Å². The summed E-state index contributed by atoms with van der Waals surface area (Å²) in [5.41, 5.74) is 4.46. The van der Waals surface area contributed by atoms with Gasteiger partial charge in [-0.15, -0.1) is 0 Å². The molecule has 0 aliphatic heterocycles. The van der Waals surface area contributed by atoms with Gasteiger partial charge in [-0.1, -0.05) is 30.3 Å². The van der Waals surface area contributed by atoms with E-state index >= 15 is 0 Å². The summed E-state index contributed by atoms with van der Waals surface area (Å²) in [6, 6.07) is 23.8. The Morgan fingerprint density at radius 3 is 2.43 bits per heavy atom. The molecular formula is C23H19N3O2. The molecule has 0 N–H and O–H groups in total. The molecule has 1 aromatic heterocycles. The molecule has 0 saturated heterocycles. The van der Waals surface area contributed by atoms with Crippen molar-refractivity contribution in [3.63, 3.8) is 0 Å². The fourth-order valence-corrected chi connectivity index (χ4v) is 3.32. The SMILES string of the molecule is COc1ccc(-c2nc3cc(C#N)ccc3n2Cc2ccccc2)cc1OC. The van der Waals surface area contributed by atoms with Crippen LogP contribution in [0.15, 0.2) is 66.7 Å². The van der Waals surface area contributed by atoms with Crippen molar-refractivity contribution in [3.05, 3.63) is 77.9 Å². The van der Waals surface area contributed by atoms with Gasteiger partial charge in [0.25, 0.3) is 0 Å². The maximum Gasteiger partial charge on any atom is 0.161 e. The number of rotatable bonds is 5. The smallest absolute Gasteiger partial charge is 0.161 e. The highest BCUT2D eigenvalue weighted by Gasteiger charge is 2.16. The normalized spacial score (nSPS) is 10.6. The van der Waals surface area contributed by atoms with E-state index in [-0.39, 0.29) is 0 Å². The Bertz CT molecular complexity index is 1170. The Hall–Kier alpha value is -3.78. The lowest BCUT2D eigenvalue weighted by Crippen LogP contribution is -2.02. The summed E-state index contributed by atoms with van der Waals surface area (Å²) in [6.45, 7) is 0.674. The van der Waals surface area contributed by atoms with Crippen LogP contribution < -0.4 is 9.47 Å². The van der Waals surface area contributed by atoms with E-state index in [1.54, 1.807) is 14.2 Å². The monoisotopic (exact) mass is 369 g/mol. The molecule has 0 saturated carbocycles. The van der Waals surface area contributed by atoms with Gasteiger partial charge < -0.3 is 14.0 Å². The molecule has 0 unspecified atom stereocenters. The minimum atomic E-state index is 0.593. The molecule has 1 heterocycles. The van der Waals surface area contributed by atoms with Crippen molar-refractivity contribution < 1.29 is 9.47 Å². The summed E-state index contributed by atoms with van der Waals surface area (Å²) < 4.78 is 13.0. The number of nitrogens with zero attached hydrogens (tertiary/aromatic N) is 3. The zero-order valence-electron chi connectivity index (χ0n) is 15.7. The molecule has 0 radical (unpaired) electrons. The molecule has 0 atom stereocenters. The van der Waals surface area contributed by atoms with Crippen LogP contribution in [-0.2, 0) is 6.54 Å². The van der Waals surface area contributed by atoms with Crippen LogP contribution in [0.25, 0.3) is 22.4 Å².